The molecule has 0 spiro atoms. The fourth-order valence-electron chi connectivity index (χ4n) is 5.98. The quantitative estimate of drug-likeness (QED) is 0.206. The third-order valence-electron chi connectivity index (χ3n) is 7.62. The Labute approximate surface area is 226 Å². The average Bonchev–Trinajstić information content (AvgIpc) is 3.32. The highest BCUT2D eigenvalue weighted by Crippen LogP contribution is 2.44. The van der Waals surface area contributed by atoms with Crippen molar-refractivity contribution in [2.45, 2.75) is 7.43 Å². The summed E-state index contributed by atoms with van der Waals surface area (Å²) in [4.78, 5) is 0. The average molecular weight is 503 g/mol. The first-order chi connectivity index (χ1) is 18.3. The van der Waals surface area contributed by atoms with Gasteiger partial charge in [-0.3, -0.25) is 0 Å². The zero-order chi connectivity index (χ0) is 24.3. The van der Waals surface area contributed by atoms with Crippen molar-refractivity contribution in [1.29, 1.82) is 0 Å². The highest BCUT2D eigenvalue weighted by atomic mass is 32.1. The number of hydrogen-bond donors (Lipinski definition) is 0. The Hall–Kier alpha value is -4.46. The van der Waals surface area contributed by atoms with Crippen LogP contribution in [0.3, 0.4) is 0 Å². The summed E-state index contributed by atoms with van der Waals surface area (Å²) in [5.41, 5.74) is 5.14. The summed E-state index contributed by atoms with van der Waals surface area (Å²) < 4.78 is 2.70. The SMILES string of the molecule is C.c1ccc(-c2c3ccccc3c(-c3ccc4cc5c(cc4c3)sc3ccccc35)c3ccccc23)cc1. The van der Waals surface area contributed by atoms with E-state index in [9.17, 15) is 0 Å². The zero-order valence-electron chi connectivity index (χ0n) is 20.1. The second-order valence-corrected chi connectivity index (χ2v) is 10.8. The second kappa shape index (κ2) is 8.83. The lowest BCUT2D eigenvalue weighted by molar-refractivity contribution is 1.66. The molecule has 1 aromatic heterocycles. The minimum atomic E-state index is 0. The van der Waals surface area contributed by atoms with Crippen molar-refractivity contribution in [2.75, 3.05) is 0 Å². The van der Waals surface area contributed by atoms with E-state index in [-0.39, 0.29) is 7.43 Å². The molecule has 0 nitrogen and oxygen atoms in total. The van der Waals surface area contributed by atoms with Gasteiger partial charge in [0.15, 0.2) is 0 Å². The van der Waals surface area contributed by atoms with Gasteiger partial charge in [0.2, 0.25) is 0 Å². The van der Waals surface area contributed by atoms with Crippen LogP contribution < -0.4 is 0 Å². The van der Waals surface area contributed by atoms with Crippen molar-refractivity contribution < 1.29 is 0 Å². The number of fused-ring (bicyclic) bond motifs is 6. The predicted molar refractivity (Wildman–Crippen MR) is 169 cm³/mol. The molecule has 0 bridgehead atoms. The highest BCUT2D eigenvalue weighted by molar-refractivity contribution is 7.25. The topological polar surface area (TPSA) is 0 Å². The first-order valence-corrected chi connectivity index (χ1v) is 13.5. The molecular formula is C37H26S. The fourth-order valence-corrected chi connectivity index (χ4v) is 7.12. The molecule has 7 aromatic carbocycles. The van der Waals surface area contributed by atoms with Crippen molar-refractivity contribution in [3.63, 3.8) is 0 Å². The van der Waals surface area contributed by atoms with Gasteiger partial charge in [-0.15, -0.1) is 11.3 Å². The van der Waals surface area contributed by atoms with E-state index in [1.807, 2.05) is 11.3 Å². The van der Waals surface area contributed by atoms with Crippen molar-refractivity contribution in [1.82, 2.24) is 0 Å². The Morgan fingerprint density at radius 1 is 0.342 bits per heavy atom. The van der Waals surface area contributed by atoms with E-state index in [0.717, 1.165) is 0 Å². The molecule has 0 saturated carbocycles. The predicted octanol–water partition coefficient (Wildman–Crippen LogP) is 11.5. The lowest BCUT2D eigenvalue weighted by atomic mass is 9.85. The molecule has 0 radical (unpaired) electrons. The summed E-state index contributed by atoms with van der Waals surface area (Å²) in [5, 5.41) is 10.5. The first kappa shape index (κ1) is 22.7. The molecule has 0 unspecified atom stereocenters. The van der Waals surface area contributed by atoms with Crippen LogP contribution in [-0.4, -0.2) is 0 Å². The first-order valence-electron chi connectivity index (χ1n) is 12.7. The maximum absolute atomic E-state index is 2.38. The Balaban J connectivity index is 0.00000242. The zero-order valence-corrected chi connectivity index (χ0v) is 20.9. The van der Waals surface area contributed by atoms with E-state index in [1.165, 1.54) is 74.7 Å². The molecule has 8 aromatic rings. The van der Waals surface area contributed by atoms with Gasteiger partial charge in [-0.2, -0.15) is 0 Å². The molecule has 8 rings (SSSR count). The number of hydrogen-bond acceptors (Lipinski definition) is 1. The van der Waals surface area contributed by atoms with Crippen molar-refractivity contribution in [2.24, 2.45) is 0 Å². The van der Waals surface area contributed by atoms with Gasteiger partial charge in [0, 0.05) is 20.2 Å². The molecule has 1 heteroatoms. The summed E-state index contributed by atoms with van der Waals surface area (Å²) >= 11 is 1.88. The molecule has 0 saturated heterocycles. The molecule has 0 N–H and O–H groups in total. The van der Waals surface area contributed by atoms with Crippen molar-refractivity contribution in [3.05, 3.63) is 133 Å². The Morgan fingerprint density at radius 2 is 0.895 bits per heavy atom. The standard InChI is InChI=1S/C36H22S.CH4/c1-2-10-23(11-3-1)35-28-13-4-6-15-30(28)36(31-16-7-5-14-29(31)35)25-19-18-24-21-32-27-12-8-9-17-33(27)37-34(32)22-26(24)20-25;/h1-22H;1H4. The van der Waals surface area contributed by atoms with Crippen LogP contribution in [0.15, 0.2) is 133 Å². The summed E-state index contributed by atoms with van der Waals surface area (Å²) in [7, 11) is 0. The molecule has 0 atom stereocenters. The Bertz CT molecular complexity index is 2070. The van der Waals surface area contributed by atoms with Gasteiger partial charge in [-0.1, -0.05) is 117 Å². The van der Waals surface area contributed by atoms with Gasteiger partial charge in [-0.05, 0) is 78.8 Å². The minimum absolute atomic E-state index is 0. The third-order valence-corrected chi connectivity index (χ3v) is 8.75. The number of thiophene rings is 1. The third kappa shape index (κ3) is 3.36. The van der Waals surface area contributed by atoms with E-state index in [2.05, 4.69) is 133 Å². The van der Waals surface area contributed by atoms with Crippen LogP contribution in [0.5, 0.6) is 0 Å². The molecule has 0 amide bonds. The normalized spacial score (nSPS) is 11.5. The van der Waals surface area contributed by atoms with Crippen molar-refractivity contribution in [3.8, 4) is 22.3 Å². The second-order valence-electron chi connectivity index (χ2n) is 9.72. The minimum Gasteiger partial charge on any atom is -0.135 e. The van der Waals surface area contributed by atoms with Crippen molar-refractivity contribution >= 4 is 63.8 Å². The summed E-state index contributed by atoms with van der Waals surface area (Å²) in [6.45, 7) is 0. The monoisotopic (exact) mass is 502 g/mol. The maximum Gasteiger partial charge on any atom is 0.0361 e. The van der Waals surface area contributed by atoms with Gasteiger partial charge in [-0.25, -0.2) is 0 Å². The summed E-state index contributed by atoms with van der Waals surface area (Å²) in [6.07, 6.45) is 0. The molecule has 0 aliphatic carbocycles. The van der Waals surface area contributed by atoms with E-state index in [4.69, 9.17) is 0 Å². The van der Waals surface area contributed by atoms with E-state index in [1.54, 1.807) is 0 Å². The van der Waals surface area contributed by atoms with Crippen LogP contribution in [0.4, 0.5) is 0 Å². The lowest BCUT2D eigenvalue weighted by Gasteiger charge is -2.18. The largest absolute Gasteiger partial charge is 0.135 e. The van der Waals surface area contributed by atoms with E-state index in [0.29, 0.717) is 0 Å². The molecule has 0 aliphatic rings. The van der Waals surface area contributed by atoms with Crippen LogP contribution in [0.25, 0.3) is 74.7 Å². The molecule has 1 heterocycles. The summed E-state index contributed by atoms with van der Waals surface area (Å²) in [5.74, 6) is 0. The fraction of sp³-hybridized carbons (Fsp3) is 0.0270. The molecule has 0 aliphatic heterocycles. The Morgan fingerprint density at radius 3 is 1.55 bits per heavy atom. The maximum atomic E-state index is 2.38. The van der Waals surface area contributed by atoms with Gasteiger partial charge in [0.1, 0.15) is 0 Å². The van der Waals surface area contributed by atoms with Gasteiger partial charge < -0.3 is 0 Å². The lowest BCUT2D eigenvalue weighted by Crippen LogP contribution is -1.90. The Kier molecular flexibility index (Phi) is 5.28. The van der Waals surface area contributed by atoms with Crippen LogP contribution in [0, 0.1) is 0 Å². The van der Waals surface area contributed by atoms with Gasteiger partial charge in [0.25, 0.3) is 0 Å². The van der Waals surface area contributed by atoms with Crippen LogP contribution in [0.1, 0.15) is 7.43 Å². The smallest absolute Gasteiger partial charge is 0.0361 e. The molecule has 0 fully saturated rings. The molecular weight excluding hydrogens is 476 g/mol. The molecule has 38 heavy (non-hydrogen) atoms. The van der Waals surface area contributed by atoms with E-state index < -0.39 is 0 Å². The molecule has 180 valence electrons. The van der Waals surface area contributed by atoms with Gasteiger partial charge >= 0.3 is 0 Å². The van der Waals surface area contributed by atoms with Gasteiger partial charge in [0.05, 0.1) is 0 Å². The summed E-state index contributed by atoms with van der Waals surface area (Å²) in [6, 6.07) is 49.0. The van der Waals surface area contributed by atoms with Crippen LogP contribution in [0.2, 0.25) is 0 Å². The van der Waals surface area contributed by atoms with Crippen LogP contribution >= 0.6 is 11.3 Å². The number of benzene rings is 7. The van der Waals surface area contributed by atoms with E-state index >= 15 is 0 Å². The van der Waals surface area contributed by atoms with Crippen LogP contribution in [-0.2, 0) is 0 Å². The number of rotatable bonds is 2. The highest BCUT2D eigenvalue weighted by Gasteiger charge is 2.16.